The van der Waals surface area contributed by atoms with Crippen molar-refractivity contribution in [2.45, 2.75) is 15.8 Å². The number of ether oxygens (including phenoxy) is 1. The highest BCUT2D eigenvalue weighted by Gasteiger charge is 2.23. The molecule has 0 bridgehead atoms. The number of rotatable bonds is 6. The molecule has 0 fully saturated rings. The lowest BCUT2D eigenvalue weighted by atomic mass is 10.1. The molecule has 4 N–H and O–H groups in total. The van der Waals surface area contributed by atoms with Gasteiger partial charge in [0.1, 0.15) is 11.8 Å². The highest BCUT2D eigenvalue weighted by Crippen LogP contribution is 2.40. The summed E-state index contributed by atoms with van der Waals surface area (Å²) in [7, 11) is -3.77. The van der Waals surface area contributed by atoms with Crippen molar-refractivity contribution in [1.29, 1.82) is 0 Å². The highest BCUT2D eigenvalue weighted by molar-refractivity contribution is 9.11. The van der Waals surface area contributed by atoms with E-state index in [0.29, 0.717) is 36.9 Å². The van der Waals surface area contributed by atoms with Crippen LogP contribution in [-0.2, 0) is 14.6 Å². The number of benzene rings is 2. The molecule has 0 saturated carbocycles. The fraction of sp³-hybridized carbons (Fsp3) is 0.0476. The van der Waals surface area contributed by atoms with Gasteiger partial charge in [-0.25, -0.2) is 8.42 Å². The number of aromatic nitrogens is 2. The molecule has 0 radical (unpaired) electrons. The first kappa shape index (κ1) is 22.5. The normalized spacial score (nSPS) is 12.6. The van der Waals surface area contributed by atoms with Gasteiger partial charge in [0.25, 0.3) is 0 Å². The monoisotopic (exact) mass is 579 g/mol. The second-order valence-electron chi connectivity index (χ2n) is 6.78. The van der Waals surface area contributed by atoms with E-state index in [9.17, 15) is 13.2 Å². The number of carbonyl (C=O) groups is 1. The van der Waals surface area contributed by atoms with E-state index in [1.165, 1.54) is 30.7 Å². The van der Waals surface area contributed by atoms with Gasteiger partial charge < -0.3 is 20.6 Å². The molecule has 8 nitrogen and oxygen atoms in total. The minimum atomic E-state index is -3.77. The molecule has 2 heterocycles. The number of carboxylic acid groups (broad SMARTS) is 1. The quantitative estimate of drug-likeness (QED) is 0.298. The van der Waals surface area contributed by atoms with Crippen LogP contribution < -0.4 is 10.5 Å². The molecule has 0 aliphatic rings. The van der Waals surface area contributed by atoms with Gasteiger partial charge in [-0.3, -0.25) is 9.78 Å². The van der Waals surface area contributed by atoms with Gasteiger partial charge in [0.2, 0.25) is 9.84 Å². The standard InChI is InChI=1S/C21H15Br2N3O5S/c22-15-7-11(19(24)21(27)28)8-16(23)20(15)31-12-1-2-17-14(9-12)18(10-26-17)32(29,30)13-3-5-25-6-4-13/h1-10,19,26H,24H2,(H,27,28). The van der Waals surface area contributed by atoms with Crippen molar-refractivity contribution in [2.75, 3.05) is 0 Å². The van der Waals surface area contributed by atoms with Crippen LogP contribution >= 0.6 is 31.9 Å². The molecule has 1 unspecified atom stereocenters. The van der Waals surface area contributed by atoms with E-state index in [1.54, 1.807) is 30.3 Å². The largest absolute Gasteiger partial charge is 0.480 e. The van der Waals surface area contributed by atoms with Crippen molar-refractivity contribution >= 4 is 58.6 Å². The van der Waals surface area contributed by atoms with Crippen LogP contribution in [-0.4, -0.2) is 29.5 Å². The number of hydrogen-bond acceptors (Lipinski definition) is 6. The molecule has 32 heavy (non-hydrogen) atoms. The molecule has 0 amide bonds. The van der Waals surface area contributed by atoms with E-state index >= 15 is 0 Å². The van der Waals surface area contributed by atoms with Crippen LogP contribution in [0.3, 0.4) is 0 Å². The van der Waals surface area contributed by atoms with Crippen LogP contribution in [0.4, 0.5) is 0 Å². The molecule has 2 aromatic heterocycles. The summed E-state index contributed by atoms with van der Waals surface area (Å²) >= 11 is 6.76. The number of sulfone groups is 1. The van der Waals surface area contributed by atoms with Crippen molar-refractivity contribution in [3.8, 4) is 11.5 Å². The van der Waals surface area contributed by atoms with Gasteiger partial charge in [-0.1, -0.05) is 0 Å². The number of H-pyrrole nitrogens is 1. The Morgan fingerprint density at radius 3 is 2.38 bits per heavy atom. The summed E-state index contributed by atoms with van der Waals surface area (Å²) in [6.45, 7) is 0. The highest BCUT2D eigenvalue weighted by atomic mass is 79.9. The van der Waals surface area contributed by atoms with Crippen LogP contribution in [0.1, 0.15) is 11.6 Å². The Morgan fingerprint density at radius 2 is 1.75 bits per heavy atom. The maximum absolute atomic E-state index is 13.1. The van der Waals surface area contributed by atoms with Crippen LogP contribution in [0.2, 0.25) is 0 Å². The summed E-state index contributed by atoms with van der Waals surface area (Å²) in [6, 6.07) is 9.84. The molecule has 4 aromatic rings. The molecule has 4 rings (SSSR count). The van der Waals surface area contributed by atoms with Gasteiger partial charge in [0, 0.05) is 29.5 Å². The number of fused-ring (bicyclic) bond motifs is 1. The predicted molar refractivity (Wildman–Crippen MR) is 124 cm³/mol. The van der Waals surface area contributed by atoms with Crippen LogP contribution in [0.15, 0.2) is 79.8 Å². The molecule has 164 valence electrons. The Labute approximate surface area is 199 Å². The second-order valence-corrected chi connectivity index (χ2v) is 10.4. The molecule has 1 atom stereocenters. The van der Waals surface area contributed by atoms with E-state index in [-0.39, 0.29) is 9.79 Å². The van der Waals surface area contributed by atoms with Crippen LogP contribution in [0.25, 0.3) is 10.9 Å². The van der Waals surface area contributed by atoms with E-state index in [0.717, 1.165) is 0 Å². The van der Waals surface area contributed by atoms with E-state index < -0.39 is 21.8 Å². The van der Waals surface area contributed by atoms with Gasteiger partial charge >= 0.3 is 5.97 Å². The third-order valence-corrected chi connectivity index (χ3v) is 7.72. The fourth-order valence-electron chi connectivity index (χ4n) is 3.12. The first-order valence-corrected chi connectivity index (χ1v) is 12.2. The summed E-state index contributed by atoms with van der Waals surface area (Å²) in [5.74, 6) is -0.377. The third-order valence-electron chi connectivity index (χ3n) is 4.73. The SMILES string of the molecule is NC(C(=O)O)c1cc(Br)c(Oc2ccc3[nH]cc(S(=O)(=O)c4ccncc4)c3c2)c(Br)c1. The van der Waals surface area contributed by atoms with Gasteiger partial charge in [-0.2, -0.15) is 0 Å². The maximum atomic E-state index is 13.1. The third kappa shape index (κ3) is 4.16. The molecular formula is C21H15Br2N3O5S. The van der Waals surface area contributed by atoms with Crippen molar-refractivity contribution in [3.63, 3.8) is 0 Å². The zero-order chi connectivity index (χ0) is 23.0. The Hall–Kier alpha value is -2.73. The van der Waals surface area contributed by atoms with Crippen molar-refractivity contribution in [1.82, 2.24) is 9.97 Å². The van der Waals surface area contributed by atoms with Gasteiger partial charge in [0.05, 0.1) is 18.7 Å². The maximum Gasteiger partial charge on any atom is 0.325 e. The molecule has 0 spiro atoms. The molecule has 0 aliphatic heterocycles. The van der Waals surface area contributed by atoms with E-state index in [4.69, 9.17) is 15.6 Å². The number of carboxylic acids is 1. The zero-order valence-electron chi connectivity index (χ0n) is 16.1. The lowest BCUT2D eigenvalue weighted by Crippen LogP contribution is -2.20. The lowest BCUT2D eigenvalue weighted by molar-refractivity contribution is -0.138. The molecule has 0 aliphatic carbocycles. The Balaban J connectivity index is 1.73. The molecule has 2 aromatic carbocycles. The lowest BCUT2D eigenvalue weighted by Gasteiger charge is -2.14. The summed E-state index contributed by atoms with van der Waals surface area (Å²) in [4.78, 5) is 18.3. The van der Waals surface area contributed by atoms with Crippen LogP contribution in [0.5, 0.6) is 11.5 Å². The molecule has 11 heteroatoms. The number of hydrogen-bond donors (Lipinski definition) is 3. The Kier molecular flexibility index (Phi) is 6.08. The Morgan fingerprint density at radius 1 is 1.09 bits per heavy atom. The second kappa shape index (κ2) is 8.66. The zero-order valence-corrected chi connectivity index (χ0v) is 20.1. The number of nitrogens with zero attached hydrogens (tertiary/aromatic N) is 1. The predicted octanol–water partition coefficient (Wildman–Crippen LogP) is 4.80. The molecular weight excluding hydrogens is 566 g/mol. The first-order valence-electron chi connectivity index (χ1n) is 9.10. The van der Waals surface area contributed by atoms with Crippen molar-refractivity contribution in [3.05, 3.63) is 75.6 Å². The van der Waals surface area contributed by atoms with Gasteiger partial charge in [0.15, 0.2) is 5.75 Å². The van der Waals surface area contributed by atoms with Crippen molar-refractivity contribution < 1.29 is 23.1 Å². The summed E-state index contributed by atoms with van der Waals surface area (Å²) < 4.78 is 33.1. The summed E-state index contributed by atoms with van der Waals surface area (Å²) in [6.07, 6.45) is 4.29. The first-order chi connectivity index (χ1) is 15.2. The number of aliphatic carboxylic acids is 1. The topological polar surface area (TPSA) is 135 Å². The van der Waals surface area contributed by atoms with E-state index in [2.05, 4.69) is 41.8 Å². The van der Waals surface area contributed by atoms with Gasteiger partial charge in [-0.05, 0) is 79.9 Å². The molecule has 0 saturated heterocycles. The number of halogens is 2. The number of pyridine rings is 1. The van der Waals surface area contributed by atoms with Gasteiger partial charge in [-0.15, -0.1) is 0 Å². The van der Waals surface area contributed by atoms with Crippen LogP contribution in [0, 0.1) is 0 Å². The minimum absolute atomic E-state index is 0.116. The average molecular weight is 581 g/mol. The average Bonchev–Trinajstić information content (AvgIpc) is 3.20. The van der Waals surface area contributed by atoms with Crippen molar-refractivity contribution in [2.24, 2.45) is 5.73 Å². The fourth-order valence-corrected chi connectivity index (χ4v) is 5.91. The van der Waals surface area contributed by atoms with E-state index in [1.807, 2.05) is 0 Å². The number of nitrogens with one attached hydrogen (secondary N) is 1. The summed E-state index contributed by atoms with van der Waals surface area (Å²) in [5, 5.41) is 9.60. The smallest absolute Gasteiger partial charge is 0.325 e. The number of aromatic amines is 1. The number of nitrogens with two attached hydrogens (primary N) is 1. The minimum Gasteiger partial charge on any atom is -0.480 e. The summed E-state index contributed by atoms with van der Waals surface area (Å²) in [5.41, 5.74) is 6.70. The Bertz CT molecular complexity index is 1420.